The average Bonchev–Trinajstić information content (AvgIpc) is 2.77. The van der Waals surface area contributed by atoms with Gasteiger partial charge < -0.3 is 19.9 Å². The van der Waals surface area contributed by atoms with Crippen molar-refractivity contribution in [2.45, 2.75) is 31.8 Å². The smallest absolute Gasteiger partial charge is 0.205 e. The maximum absolute atomic E-state index is 12.8. The molecule has 32 heavy (non-hydrogen) atoms. The van der Waals surface area contributed by atoms with Crippen molar-refractivity contribution < 1.29 is 19.0 Å². The predicted molar refractivity (Wildman–Crippen MR) is 123 cm³/mol. The van der Waals surface area contributed by atoms with E-state index in [1.54, 1.807) is 25.3 Å². The van der Waals surface area contributed by atoms with Crippen molar-refractivity contribution in [3.05, 3.63) is 79.8 Å². The number of nitrogens with two attached hydrogens (primary N) is 1. The molecular formula is C24H20BrClN2O4. The second-order valence-electron chi connectivity index (χ2n) is 7.47. The first-order chi connectivity index (χ1) is 15.4. The van der Waals surface area contributed by atoms with Gasteiger partial charge in [-0.15, -0.1) is 0 Å². The van der Waals surface area contributed by atoms with Gasteiger partial charge in [0.25, 0.3) is 0 Å². The number of benzene rings is 2. The summed E-state index contributed by atoms with van der Waals surface area (Å²) in [6.07, 6.45) is 1.74. The van der Waals surface area contributed by atoms with E-state index in [4.69, 9.17) is 31.5 Å². The zero-order valence-corrected chi connectivity index (χ0v) is 19.6. The number of ketones is 1. The second kappa shape index (κ2) is 9.27. The molecule has 2 aromatic rings. The molecule has 2 aromatic carbocycles. The van der Waals surface area contributed by atoms with Gasteiger partial charge in [0.2, 0.25) is 5.88 Å². The molecule has 0 bridgehead atoms. The summed E-state index contributed by atoms with van der Waals surface area (Å²) in [4.78, 5) is 12.8. The summed E-state index contributed by atoms with van der Waals surface area (Å²) in [5.74, 6) is 1.14. The van der Waals surface area contributed by atoms with Crippen LogP contribution in [-0.2, 0) is 16.1 Å². The van der Waals surface area contributed by atoms with Crippen molar-refractivity contribution >= 4 is 33.3 Å². The van der Waals surface area contributed by atoms with Gasteiger partial charge in [-0.3, -0.25) is 4.79 Å². The fourth-order valence-electron chi connectivity index (χ4n) is 4.03. The van der Waals surface area contributed by atoms with Crippen LogP contribution in [0.5, 0.6) is 11.5 Å². The number of nitrogens with zero attached hydrogens (tertiary/aromatic N) is 1. The molecule has 0 saturated heterocycles. The van der Waals surface area contributed by atoms with E-state index in [2.05, 4.69) is 22.0 Å². The van der Waals surface area contributed by atoms with E-state index in [1.165, 1.54) is 0 Å². The SMILES string of the molecule is COc1ccc([C@@H]2C(C#N)=C(N)OC3=C2C(=O)CCC3)cc1COc1ccc(Br)cc1Cl. The number of nitriles is 1. The van der Waals surface area contributed by atoms with E-state index < -0.39 is 5.92 Å². The minimum absolute atomic E-state index is 0.0215. The van der Waals surface area contributed by atoms with E-state index in [0.717, 1.165) is 15.6 Å². The molecule has 1 aliphatic heterocycles. The van der Waals surface area contributed by atoms with Crippen LogP contribution in [0.15, 0.2) is 63.7 Å². The first kappa shape index (κ1) is 22.3. The number of halogens is 2. The van der Waals surface area contributed by atoms with Gasteiger partial charge in [0.05, 0.1) is 18.1 Å². The molecule has 1 aliphatic carbocycles. The van der Waals surface area contributed by atoms with E-state index in [9.17, 15) is 10.1 Å². The monoisotopic (exact) mass is 514 g/mol. The van der Waals surface area contributed by atoms with Crippen LogP contribution in [0.25, 0.3) is 0 Å². The van der Waals surface area contributed by atoms with Gasteiger partial charge in [0.1, 0.15) is 35.5 Å². The second-order valence-corrected chi connectivity index (χ2v) is 8.80. The summed E-state index contributed by atoms with van der Waals surface area (Å²) in [5, 5.41) is 10.3. The summed E-state index contributed by atoms with van der Waals surface area (Å²) < 4.78 is 17.9. The highest BCUT2D eigenvalue weighted by Gasteiger charge is 2.38. The maximum atomic E-state index is 12.8. The molecule has 2 N–H and O–H groups in total. The molecule has 8 heteroatoms. The minimum Gasteiger partial charge on any atom is -0.496 e. The lowest BCUT2D eigenvalue weighted by Gasteiger charge is -2.31. The van der Waals surface area contributed by atoms with Crippen molar-refractivity contribution in [2.75, 3.05) is 7.11 Å². The Bertz CT molecular complexity index is 1200. The van der Waals surface area contributed by atoms with Crippen molar-refractivity contribution in [1.82, 2.24) is 0 Å². The molecule has 4 rings (SSSR count). The zero-order valence-electron chi connectivity index (χ0n) is 17.3. The van der Waals surface area contributed by atoms with Crippen LogP contribution in [0.2, 0.25) is 5.02 Å². The van der Waals surface area contributed by atoms with Gasteiger partial charge in [-0.25, -0.2) is 0 Å². The number of hydrogen-bond acceptors (Lipinski definition) is 6. The highest BCUT2D eigenvalue weighted by atomic mass is 79.9. The molecule has 0 fully saturated rings. The van der Waals surface area contributed by atoms with Gasteiger partial charge in [-0.2, -0.15) is 5.26 Å². The quantitative estimate of drug-likeness (QED) is 0.565. The third kappa shape index (κ3) is 4.21. The van der Waals surface area contributed by atoms with Crippen LogP contribution in [0.1, 0.15) is 36.3 Å². The molecular weight excluding hydrogens is 496 g/mol. The van der Waals surface area contributed by atoms with Crippen LogP contribution < -0.4 is 15.2 Å². The normalized spacial score (nSPS) is 18.1. The summed E-state index contributed by atoms with van der Waals surface area (Å²) in [5.41, 5.74) is 8.28. The molecule has 6 nitrogen and oxygen atoms in total. The third-order valence-electron chi connectivity index (χ3n) is 5.52. The third-order valence-corrected chi connectivity index (χ3v) is 6.31. The fourth-order valence-corrected chi connectivity index (χ4v) is 4.76. The lowest BCUT2D eigenvalue weighted by Crippen LogP contribution is -2.27. The Labute approximate surface area is 199 Å². The molecule has 0 aromatic heterocycles. The Hall–Kier alpha value is -2.95. The van der Waals surface area contributed by atoms with E-state index in [1.807, 2.05) is 18.2 Å². The fraction of sp³-hybridized carbons (Fsp3) is 0.250. The lowest BCUT2D eigenvalue weighted by atomic mass is 9.77. The molecule has 164 valence electrons. The van der Waals surface area contributed by atoms with E-state index in [0.29, 0.717) is 47.1 Å². The van der Waals surface area contributed by atoms with Crippen LogP contribution in [0.4, 0.5) is 0 Å². The summed E-state index contributed by atoms with van der Waals surface area (Å²) in [7, 11) is 1.57. The predicted octanol–water partition coefficient (Wildman–Crippen LogP) is 5.50. The van der Waals surface area contributed by atoms with Gasteiger partial charge >= 0.3 is 0 Å². The molecule has 0 radical (unpaired) electrons. The first-order valence-corrected chi connectivity index (χ1v) is 11.2. The van der Waals surface area contributed by atoms with Gasteiger partial charge in [0.15, 0.2) is 5.78 Å². The number of carbonyl (C=O) groups excluding carboxylic acids is 1. The Morgan fingerprint density at radius 1 is 1.25 bits per heavy atom. The standard InChI is InChI=1S/C24H20BrClN2O4/c1-30-19-7-5-13(9-14(19)12-31-20-8-6-15(25)10-17(20)26)22-16(11-27)24(28)32-21-4-2-3-18(29)23(21)22/h5-10,22H,2-4,12,28H2,1H3/t22-/m1/s1. The Morgan fingerprint density at radius 3 is 2.75 bits per heavy atom. The van der Waals surface area contributed by atoms with Crippen molar-refractivity contribution in [1.29, 1.82) is 5.26 Å². The number of Topliss-reactive ketones (excluding diaryl/α,β-unsaturated/α-hetero) is 1. The lowest BCUT2D eigenvalue weighted by molar-refractivity contribution is -0.116. The Balaban J connectivity index is 1.73. The minimum atomic E-state index is -0.586. The van der Waals surface area contributed by atoms with E-state index >= 15 is 0 Å². The molecule has 0 saturated carbocycles. The molecule has 0 amide bonds. The zero-order chi connectivity index (χ0) is 22.8. The highest BCUT2D eigenvalue weighted by Crippen LogP contribution is 2.44. The number of carbonyl (C=O) groups is 1. The van der Waals surface area contributed by atoms with Gasteiger partial charge in [-0.05, 0) is 42.3 Å². The Kier molecular flexibility index (Phi) is 6.45. The Morgan fingerprint density at radius 2 is 2.03 bits per heavy atom. The molecule has 0 unspecified atom stereocenters. The topological polar surface area (TPSA) is 94.6 Å². The average molecular weight is 516 g/mol. The molecule has 1 heterocycles. The van der Waals surface area contributed by atoms with Crippen LogP contribution in [-0.4, -0.2) is 12.9 Å². The van der Waals surface area contributed by atoms with Gasteiger partial charge in [0, 0.05) is 28.5 Å². The number of methoxy groups -OCH3 is 1. The summed E-state index contributed by atoms with van der Waals surface area (Å²) in [6.45, 7) is 0.183. The largest absolute Gasteiger partial charge is 0.496 e. The number of hydrogen-bond donors (Lipinski definition) is 1. The van der Waals surface area contributed by atoms with Crippen LogP contribution >= 0.6 is 27.5 Å². The highest BCUT2D eigenvalue weighted by molar-refractivity contribution is 9.10. The van der Waals surface area contributed by atoms with Crippen LogP contribution in [0.3, 0.4) is 0 Å². The first-order valence-electron chi connectivity index (χ1n) is 10.0. The van der Waals surface area contributed by atoms with E-state index in [-0.39, 0.29) is 23.8 Å². The van der Waals surface area contributed by atoms with Crippen molar-refractivity contribution in [3.63, 3.8) is 0 Å². The number of ether oxygens (including phenoxy) is 3. The maximum Gasteiger partial charge on any atom is 0.205 e. The van der Waals surface area contributed by atoms with Crippen molar-refractivity contribution in [3.8, 4) is 17.6 Å². The summed E-state index contributed by atoms with van der Waals surface area (Å²) >= 11 is 9.64. The van der Waals surface area contributed by atoms with Crippen LogP contribution in [0, 0.1) is 11.3 Å². The number of rotatable bonds is 5. The molecule has 2 aliphatic rings. The summed E-state index contributed by atoms with van der Waals surface area (Å²) in [6, 6.07) is 13.0. The van der Waals surface area contributed by atoms with Crippen molar-refractivity contribution in [2.24, 2.45) is 5.73 Å². The molecule has 1 atom stereocenters. The van der Waals surface area contributed by atoms with Gasteiger partial charge in [-0.1, -0.05) is 33.6 Å². The molecule has 0 spiro atoms. The number of allylic oxidation sites excluding steroid dienone is 3.